The summed E-state index contributed by atoms with van der Waals surface area (Å²) < 4.78 is 5.76. The van der Waals surface area contributed by atoms with Crippen LogP contribution in [0.1, 0.15) is 59.3 Å². The first kappa shape index (κ1) is 17.5. The van der Waals surface area contributed by atoms with Crippen molar-refractivity contribution >= 4 is 5.97 Å². The molecule has 6 atom stereocenters. The first-order valence-corrected chi connectivity index (χ1v) is 9.12. The van der Waals surface area contributed by atoms with Gasteiger partial charge in [-0.15, -0.1) is 0 Å². The van der Waals surface area contributed by atoms with Crippen LogP contribution in [0.15, 0.2) is 24.5 Å². The zero-order valence-corrected chi connectivity index (χ0v) is 15.0. The molecule has 4 heteroatoms. The topological polar surface area (TPSA) is 66.8 Å². The molecule has 4 nitrogen and oxygen atoms in total. The fourth-order valence-electron chi connectivity index (χ4n) is 6.09. The van der Waals surface area contributed by atoms with Gasteiger partial charge < -0.3 is 14.9 Å². The molecule has 3 aliphatic rings. The van der Waals surface area contributed by atoms with E-state index >= 15 is 0 Å². The quantitative estimate of drug-likeness (QED) is 0.465. The second-order valence-electron chi connectivity index (χ2n) is 8.58. The Morgan fingerprint density at radius 2 is 2.12 bits per heavy atom. The van der Waals surface area contributed by atoms with Crippen molar-refractivity contribution in [3.05, 3.63) is 24.5 Å². The molecule has 0 unspecified atom stereocenters. The van der Waals surface area contributed by atoms with Crippen LogP contribution in [0.5, 0.6) is 0 Å². The summed E-state index contributed by atoms with van der Waals surface area (Å²) in [6.07, 6.45) is 7.19. The summed E-state index contributed by atoms with van der Waals surface area (Å²) in [7, 11) is 0. The van der Waals surface area contributed by atoms with Crippen LogP contribution in [0, 0.1) is 22.7 Å². The highest BCUT2D eigenvalue weighted by Crippen LogP contribution is 2.67. The van der Waals surface area contributed by atoms with Gasteiger partial charge in [0.2, 0.25) is 0 Å². The number of aliphatic hydroxyl groups excluding tert-OH is 1. The van der Waals surface area contributed by atoms with E-state index in [0.29, 0.717) is 19.3 Å². The number of allylic oxidation sites excluding steroid dienone is 2. The number of hydrogen-bond donors (Lipinski definition) is 2. The fraction of sp³-hybridized carbons (Fsp3) is 0.750. The summed E-state index contributed by atoms with van der Waals surface area (Å²) in [6.45, 7) is 9.96. The highest BCUT2D eigenvalue weighted by molar-refractivity contribution is 5.80. The van der Waals surface area contributed by atoms with E-state index in [1.165, 1.54) is 0 Å². The number of carbonyl (C=O) groups excluding carboxylic acids is 1. The van der Waals surface area contributed by atoms with Crippen molar-refractivity contribution in [2.45, 2.75) is 71.0 Å². The molecule has 0 aromatic carbocycles. The van der Waals surface area contributed by atoms with Crippen LogP contribution in [-0.4, -0.2) is 27.9 Å². The van der Waals surface area contributed by atoms with Crippen molar-refractivity contribution in [3.8, 4) is 0 Å². The highest BCUT2D eigenvalue weighted by atomic mass is 16.6. The van der Waals surface area contributed by atoms with E-state index in [9.17, 15) is 15.0 Å². The Labute approximate surface area is 144 Å². The third kappa shape index (κ3) is 2.11. The van der Waals surface area contributed by atoms with Crippen molar-refractivity contribution in [2.24, 2.45) is 22.7 Å². The predicted molar refractivity (Wildman–Crippen MR) is 92.3 cm³/mol. The zero-order valence-electron chi connectivity index (χ0n) is 15.0. The van der Waals surface area contributed by atoms with E-state index in [-0.39, 0.29) is 29.3 Å². The van der Waals surface area contributed by atoms with Crippen molar-refractivity contribution < 1.29 is 19.7 Å². The predicted octanol–water partition coefficient (Wildman–Crippen LogP) is 3.90. The molecule has 3 fully saturated rings. The van der Waals surface area contributed by atoms with E-state index in [0.717, 1.165) is 31.1 Å². The van der Waals surface area contributed by atoms with Gasteiger partial charge in [-0.2, -0.15) is 0 Å². The van der Waals surface area contributed by atoms with E-state index in [1.54, 1.807) is 6.08 Å². The van der Waals surface area contributed by atoms with Crippen LogP contribution >= 0.6 is 0 Å². The normalized spacial score (nSPS) is 47.9. The van der Waals surface area contributed by atoms with Gasteiger partial charge in [0, 0.05) is 11.3 Å². The van der Waals surface area contributed by atoms with Crippen molar-refractivity contribution in [2.75, 3.05) is 0 Å². The second-order valence-corrected chi connectivity index (χ2v) is 8.58. The number of rotatable bonds is 4. The second kappa shape index (κ2) is 5.62. The van der Waals surface area contributed by atoms with Gasteiger partial charge in [-0.3, -0.25) is 4.79 Å². The molecular weight excluding hydrogens is 304 g/mol. The number of hydrogen-bond acceptors (Lipinski definition) is 4. The van der Waals surface area contributed by atoms with Crippen LogP contribution < -0.4 is 0 Å². The molecule has 2 N–H and O–H groups in total. The highest BCUT2D eigenvalue weighted by Gasteiger charge is 2.70. The van der Waals surface area contributed by atoms with Crippen molar-refractivity contribution in [1.82, 2.24) is 0 Å². The summed E-state index contributed by atoms with van der Waals surface area (Å²) in [5.74, 6) is 0.0291. The van der Waals surface area contributed by atoms with Gasteiger partial charge in [0.05, 0.1) is 17.3 Å². The molecular formula is C20H30O4. The molecule has 134 valence electrons. The number of carbonyl (C=O) groups is 1. The maximum absolute atomic E-state index is 12.5. The third-order valence-corrected chi connectivity index (χ3v) is 7.47. The van der Waals surface area contributed by atoms with Gasteiger partial charge in [-0.1, -0.05) is 32.9 Å². The minimum Gasteiger partial charge on any atom is -0.515 e. The maximum atomic E-state index is 12.5. The molecule has 0 spiro atoms. The van der Waals surface area contributed by atoms with Crippen LogP contribution in [-0.2, 0) is 9.53 Å². The van der Waals surface area contributed by atoms with Crippen LogP contribution in [0.4, 0.5) is 0 Å². The average molecular weight is 334 g/mol. The molecule has 24 heavy (non-hydrogen) atoms. The molecule has 3 rings (SSSR count). The van der Waals surface area contributed by atoms with Gasteiger partial charge >= 0.3 is 5.97 Å². The van der Waals surface area contributed by atoms with E-state index in [4.69, 9.17) is 4.74 Å². The Morgan fingerprint density at radius 3 is 2.75 bits per heavy atom. The molecule has 2 aliphatic carbocycles. The van der Waals surface area contributed by atoms with Crippen LogP contribution in [0.3, 0.4) is 0 Å². The third-order valence-electron chi connectivity index (χ3n) is 7.47. The lowest BCUT2D eigenvalue weighted by molar-refractivity contribution is -0.217. The van der Waals surface area contributed by atoms with Crippen LogP contribution in [0.25, 0.3) is 0 Å². The minimum absolute atomic E-state index is 0.0433. The van der Waals surface area contributed by atoms with Gasteiger partial charge in [0.1, 0.15) is 6.10 Å². The Bertz CT molecular complexity index is 582. The molecule has 0 amide bonds. The molecule has 2 saturated carbocycles. The Balaban J connectivity index is 1.98. The molecule has 0 aromatic heterocycles. The molecule has 1 aliphatic heterocycles. The maximum Gasteiger partial charge on any atom is 0.312 e. The fourth-order valence-corrected chi connectivity index (χ4v) is 6.09. The van der Waals surface area contributed by atoms with E-state index in [2.05, 4.69) is 20.4 Å². The van der Waals surface area contributed by atoms with Gasteiger partial charge in [0.25, 0.3) is 0 Å². The Kier molecular flexibility index (Phi) is 4.10. The zero-order chi connectivity index (χ0) is 17.8. The van der Waals surface area contributed by atoms with Crippen molar-refractivity contribution in [1.29, 1.82) is 0 Å². The van der Waals surface area contributed by atoms with E-state index in [1.807, 2.05) is 6.92 Å². The van der Waals surface area contributed by atoms with Gasteiger partial charge in [-0.25, -0.2) is 0 Å². The Hall–Kier alpha value is -1.29. The monoisotopic (exact) mass is 334 g/mol. The molecule has 1 saturated heterocycles. The summed E-state index contributed by atoms with van der Waals surface area (Å²) in [5.41, 5.74) is -0.962. The number of esters is 1. The summed E-state index contributed by atoms with van der Waals surface area (Å²) in [5, 5.41) is 21.1. The first-order chi connectivity index (χ1) is 11.2. The summed E-state index contributed by atoms with van der Waals surface area (Å²) in [4.78, 5) is 12.5. The lowest BCUT2D eigenvalue weighted by Crippen LogP contribution is -2.65. The minimum atomic E-state index is -0.874. The standard InChI is InChI=1S/C20H30O4/c1-5-14(12-21)7-10-20(23)13(2)11-15-16-18(3,17(22)24-15)8-6-9-19(16,20)4/h5,12-13,15-16,21,23H,1,6-11H2,2-4H3/b14-12+/t13-,15-,16+,18+,19+,20-/m1/s1. The van der Waals surface area contributed by atoms with Crippen molar-refractivity contribution in [3.63, 3.8) is 0 Å². The smallest absolute Gasteiger partial charge is 0.312 e. The Morgan fingerprint density at radius 1 is 1.42 bits per heavy atom. The molecule has 0 bridgehead atoms. The lowest BCUT2D eigenvalue weighted by Gasteiger charge is -2.61. The number of ether oxygens (including phenoxy) is 1. The SMILES string of the molecule is C=C/C(=C\O)CC[C@@]1(O)[C@H](C)C[C@H]2OC(=O)[C@@]3(C)CCC[C@@]1(C)[C@@H]23. The van der Waals surface area contributed by atoms with E-state index < -0.39 is 11.0 Å². The first-order valence-electron chi connectivity index (χ1n) is 9.12. The van der Waals surface area contributed by atoms with Gasteiger partial charge in [-0.05, 0) is 50.5 Å². The number of aliphatic hydroxyl groups is 2. The van der Waals surface area contributed by atoms with Gasteiger partial charge in [0.15, 0.2) is 0 Å². The molecule has 0 radical (unpaired) electrons. The largest absolute Gasteiger partial charge is 0.515 e. The summed E-state index contributed by atoms with van der Waals surface area (Å²) in [6, 6.07) is 0. The average Bonchev–Trinajstić information content (AvgIpc) is 2.79. The summed E-state index contributed by atoms with van der Waals surface area (Å²) >= 11 is 0. The lowest BCUT2D eigenvalue weighted by atomic mass is 9.44. The van der Waals surface area contributed by atoms with Crippen LogP contribution in [0.2, 0.25) is 0 Å². The molecule has 0 aromatic rings. The molecule has 1 heterocycles.